The van der Waals surface area contributed by atoms with E-state index in [0.29, 0.717) is 12.2 Å². The predicted molar refractivity (Wildman–Crippen MR) is 104 cm³/mol. The topological polar surface area (TPSA) is 94.1 Å². The van der Waals surface area contributed by atoms with E-state index < -0.39 is 0 Å². The number of aromatic nitrogens is 8. The van der Waals surface area contributed by atoms with E-state index in [0.717, 1.165) is 27.9 Å². The van der Waals surface area contributed by atoms with Gasteiger partial charge in [0.2, 0.25) is 0 Å². The first-order chi connectivity index (χ1) is 13.2. The fourth-order valence-corrected chi connectivity index (χ4v) is 3.00. The molecule has 0 aromatic carbocycles. The van der Waals surface area contributed by atoms with E-state index in [9.17, 15) is 0 Å². The van der Waals surface area contributed by atoms with Crippen LogP contribution in [-0.4, -0.2) is 35.1 Å². The highest BCUT2D eigenvalue weighted by molar-refractivity contribution is 5.71. The van der Waals surface area contributed by atoms with Gasteiger partial charge < -0.3 is 0 Å². The average molecular weight is 375 g/mol. The summed E-state index contributed by atoms with van der Waals surface area (Å²) >= 11 is 0. The molecule has 0 saturated heterocycles. The maximum absolute atomic E-state index is 4.76. The smallest absolute Gasteiger partial charge is 0.251 e. The van der Waals surface area contributed by atoms with Gasteiger partial charge >= 0.3 is 0 Å². The van der Waals surface area contributed by atoms with E-state index >= 15 is 0 Å². The second kappa shape index (κ2) is 6.47. The van der Waals surface area contributed by atoms with E-state index in [4.69, 9.17) is 9.97 Å². The number of rotatable bonds is 3. The second-order valence-electron chi connectivity index (χ2n) is 8.66. The number of hydrogen-bond donors (Lipinski definition) is 0. The van der Waals surface area contributed by atoms with Crippen molar-refractivity contribution in [2.45, 2.75) is 52.0 Å². The molecule has 0 N–H and O–H groups in total. The normalized spacial score (nSPS) is 12.6. The predicted octanol–water partition coefficient (Wildman–Crippen LogP) is 2.32. The van der Waals surface area contributed by atoms with E-state index in [1.54, 1.807) is 31.1 Å². The summed E-state index contributed by atoms with van der Waals surface area (Å²) < 4.78 is 2.03. The Morgan fingerprint density at radius 1 is 0.750 bits per heavy atom. The summed E-state index contributed by atoms with van der Waals surface area (Å²) in [6, 6.07) is 0. The molecule has 0 radical (unpaired) electrons. The second-order valence-corrected chi connectivity index (χ2v) is 8.66. The molecule has 0 bridgehead atoms. The van der Waals surface area contributed by atoms with Gasteiger partial charge in [0, 0.05) is 17.0 Å². The molecule has 0 atom stereocenters. The summed E-state index contributed by atoms with van der Waals surface area (Å²) in [7, 11) is 0. The Morgan fingerprint density at radius 2 is 1.43 bits per heavy atom. The Morgan fingerprint density at radius 3 is 2.18 bits per heavy atom. The van der Waals surface area contributed by atoms with Crippen molar-refractivity contribution < 1.29 is 4.57 Å². The van der Waals surface area contributed by atoms with Crippen LogP contribution in [0.15, 0.2) is 37.3 Å². The quantitative estimate of drug-likeness (QED) is 0.507. The van der Waals surface area contributed by atoms with E-state index in [-0.39, 0.29) is 10.8 Å². The Hall–Kier alpha value is -3.16. The Bertz CT molecular complexity index is 1160. The maximum Gasteiger partial charge on any atom is 0.295 e. The van der Waals surface area contributed by atoms with Crippen molar-refractivity contribution in [1.29, 1.82) is 0 Å². The zero-order chi connectivity index (χ0) is 19.9. The molecule has 4 heterocycles. The molecule has 142 valence electrons. The van der Waals surface area contributed by atoms with Crippen LogP contribution in [-0.2, 0) is 17.4 Å². The van der Waals surface area contributed by atoms with Crippen molar-refractivity contribution in [3.63, 3.8) is 0 Å². The number of hydrogen-bond acceptors (Lipinski definition) is 7. The minimum Gasteiger partial charge on any atom is -0.251 e. The lowest BCUT2D eigenvalue weighted by atomic mass is 9.89. The molecule has 0 aliphatic carbocycles. The molecule has 8 heteroatoms. The minimum absolute atomic E-state index is 0.0648. The lowest BCUT2D eigenvalue weighted by Crippen LogP contribution is -2.43. The van der Waals surface area contributed by atoms with Crippen LogP contribution in [0.4, 0.5) is 0 Å². The fourth-order valence-electron chi connectivity index (χ4n) is 3.00. The molecule has 0 amide bonds. The van der Waals surface area contributed by atoms with Crippen LogP contribution in [0.3, 0.4) is 0 Å². The Balaban J connectivity index is 1.68. The molecular formula is C20H23N8+. The minimum atomic E-state index is -0.264. The van der Waals surface area contributed by atoms with Crippen LogP contribution in [0, 0.1) is 0 Å². The van der Waals surface area contributed by atoms with Gasteiger partial charge in [-0.15, -0.1) is 0 Å². The van der Waals surface area contributed by atoms with Gasteiger partial charge in [-0.25, -0.2) is 19.5 Å². The van der Waals surface area contributed by atoms with Gasteiger partial charge in [0.1, 0.15) is 23.8 Å². The standard InChI is InChI=1S/C20H23N8/c1-19(2,3)16-8-22-18-15(27-16)10-28(12-23-18)11-20(4,5)17-9-21-13-6-24-25-7-14(13)26-17/h6-10,12H,11H2,1-5H3/q+1. The van der Waals surface area contributed by atoms with E-state index in [2.05, 4.69) is 59.8 Å². The summed E-state index contributed by atoms with van der Waals surface area (Å²) in [6.45, 7) is 11.3. The monoisotopic (exact) mass is 375 g/mol. The molecule has 0 unspecified atom stereocenters. The molecular weight excluding hydrogens is 352 g/mol. The largest absolute Gasteiger partial charge is 0.295 e. The molecule has 4 rings (SSSR count). The van der Waals surface area contributed by atoms with Crippen LogP contribution < -0.4 is 4.57 Å². The zero-order valence-corrected chi connectivity index (χ0v) is 16.7. The fraction of sp³-hybridized carbons (Fsp3) is 0.400. The molecule has 4 aromatic heterocycles. The third-order valence-corrected chi connectivity index (χ3v) is 4.69. The third-order valence-electron chi connectivity index (χ3n) is 4.69. The van der Waals surface area contributed by atoms with Crippen LogP contribution in [0.5, 0.6) is 0 Å². The molecule has 0 aliphatic rings. The molecule has 0 saturated carbocycles. The molecule has 8 nitrogen and oxygen atoms in total. The summed E-state index contributed by atoms with van der Waals surface area (Å²) in [5.41, 5.74) is 4.40. The van der Waals surface area contributed by atoms with Crippen molar-refractivity contribution >= 4 is 22.2 Å². The van der Waals surface area contributed by atoms with E-state index in [1.807, 2.05) is 10.8 Å². The SMILES string of the molecule is CC(C)(C)c1cnc2nc[n+](CC(C)(C)c3cnc4cnncc4n3)cc2n1. The Kier molecular flexibility index (Phi) is 4.21. The highest BCUT2D eigenvalue weighted by Crippen LogP contribution is 2.23. The average Bonchev–Trinajstić information content (AvgIpc) is 2.66. The third kappa shape index (κ3) is 3.49. The first kappa shape index (κ1) is 18.2. The van der Waals surface area contributed by atoms with Gasteiger partial charge in [0.15, 0.2) is 5.52 Å². The van der Waals surface area contributed by atoms with Crippen LogP contribution in [0.2, 0.25) is 0 Å². The molecule has 28 heavy (non-hydrogen) atoms. The Labute approximate surface area is 163 Å². The molecule has 4 aromatic rings. The van der Waals surface area contributed by atoms with Crippen molar-refractivity contribution in [3.05, 3.63) is 48.7 Å². The summed E-state index contributed by atoms with van der Waals surface area (Å²) in [5.74, 6) is 0. The summed E-state index contributed by atoms with van der Waals surface area (Å²) in [5, 5.41) is 7.75. The van der Waals surface area contributed by atoms with Gasteiger partial charge in [-0.05, 0) is 4.98 Å². The van der Waals surface area contributed by atoms with Crippen molar-refractivity contribution in [1.82, 2.24) is 35.1 Å². The first-order valence-corrected chi connectivity index (χ1v) is 9.19. The summed E-state index contributed by atoms with van der Waals surface area (Å²) in [4.78, 5) is 22.9. The number of fused-ring (bicyclic) bond motifs is 2. The molecule has 0 spiro atoms. The highest BCUT2D eigenvalue weighted by atomic mass is 15.1. The van der Waals surface area contributed by atoms with Crippen LogP contribution in [0.25, 0.3) is 22.2 Å². The van der Waals surface area contributed by atoms with Crippen molar-refractivity contribution in [3.8, 4) is 0 Å². The highest BCUT2D eigenvalue weighted by Gasteiger charge is 2.27. The van der Waals surface area contributed by atoms with Gasteiger partial charge in [0.25, 0.3) is 12.0 Å². The first-order valence-electron chi connectivity index (χ1n) is 9.19. The van der Waals surface area contributed by atoms with Gasteiger partial charge in [-0.2, -0.15) is 10.2 Å². The lowest BCUT2D eigenvalue weighted by Gasteiger charge is -2.22. The van der Waals surface area contributed by atoms with Crippen LogP contribution in [0.1, 0.15) is 46.0 Å². The molecule has 0 fully saturated rings. The molecule has 0 aliphatic heterocycles. The van der Waals surface area contributed by atoms with Gasteiger partial charge in [-0.1, -0.05) is 34.6 Å². The van der Waals surface area contributed by atoms with Crippen molar-refractivity contribution in [2.24, 2.45) is 0 Å². The van der Waals surface area contributed by atoms with Gasteiger partial charge in [-0.3, -0.25) is 4.98 Å². The van der Waals surface area contributed by atoms with Crippen LogP contribution >= 0.6 is 0 Å². The summed E-state index contributed by atoms with van der Waals surface area (Å²) in [6.07, 6.45) is 10.6. The maximum atomic E-state index is 4.76. The van der Waals surface area contributed by atoms with E-state index in [1.165, 1.54) is 0 Å². The number of nitrogens with zero attached hydrogens (tertiary/aromatic N) is 8. The van der Waals surface area contributed by atoms with Crippen molar-refractivity contribution in [2.75, 3.05) is 0 Å². The van der Waals surface area contributed by atoms with Gasteiger partial charge in [0.05, 0.1) is 30.0 Å². The lowest BCUT2D eigenvalue weighted by molar-refractivity contribution is -0.705. The zero-order valence-electron chi connectivity index (χ0n) is 16.7.